The Morgan fingerprint density at radius 1 is 1.36 bits per heavy atom. The molecule has 0 aromatic rings. The van der Waals surface area contributed by atoms with E-state index in [2.05, 4.69) is 33.4 Å². The second kappa shape index (κ2) is 4.19. The van der Waals surface area contributed by atoms with E-state index in [4.69, 9.17) is 4.74 Å². The minimum atomic E-state index is 0.0672. The van der Waals surface area contributed by atoms with Gasteiger partial charge in [0.2, 0.25) is 0 Å². The molecule has 0 amide bonds. The normalized spacial score (nSPS) is 32.1. The van der Waals surface area contributed by atoms with Gasteiger partial charge in [0.15, 0.2) is 0 Å². The van der Waals surface area contributed by atoms with Gasteiger partial charge in [-0.15, -0.1) is 0 Å². The molecule has 1 aliphatic rings. The molecule has 84 valence electrons. The maximum absolute atomic E-state index is 5.80. The molecule has 1 rings (SSSR count). The monoisotopic (exact) mass is 200 g/mol. The smallest absolute Gasteiger partial charge is 0.0745 e. The zero-order chi connectivity index (χ0) is 10.8. The lowest BCUT2D eigenvalue weighted by molar-refractivity contribution is -0.375. The van der Waals surface area contributed by atoms with Gasteiger partial charge in [-0.05, 0) is 38.0 Å². The van der Waals surface area contributed by atoms with Crippen LogP contribution in [-0.4, -0.2) is 18.8 Å². The van der Waals surface area contributed by atoms with Crippen molar-refractivity contribution >= 4 is 0 Å². The fourth-order valence-electron chi connectivity index (χ4n) is 2.86. The predicted molar refractivity (Wildman–Crippen MR) is 58.9 cm³/mol. The second-order valence-electron chi connectivity index (χ2n) is 5.66. The summed E-state index contributed by atoms with van der Waals surface area (Å²) >= 11 is 0. The van der Waals surface area contributed by atoms with Gasteiger partial charge in [-0.25, -0.2) is 0 Å². The highest BCUT2D eigenvalue weighted by Gasteiger charge is 2.42. The van der Waals surface area contributed by atoms with Gasteiger partial charge in [0.1, 0.15) is 0 Å². The van der Waals surface area contributed by atoms with Crippen molar-refractivity contribution in [2.75, 3.05) is 13.2 Å². The van der Waals surface area contributed by atoms with Gasteiger partial charge < -0.3 is 10.5 Å². The van der Waals surface area contributed by atoms with Crippen LogP contribution in [0, 0.1) is 11.3 Å². The molecule has 1 atom stereocenters. The largest absolute Gasteiger partial charge is 0.376 e. The van der Waals surface area contributed by atoms with Gasteiger partial charge in [0.25, 0.3) is 0 Å². The van der Waals surface area contributed by atoms with Crippen LogP contribution < -0.4 is 5.73 Å². The van der Waals surface area contributed by atoms with Crippen molar-refractivity contribution in [2.24, 2.45) is 11.3 Å². The summed E-state index contributed by atoms with van der Waals surface area (Å²) in [6, 6.07) is 0. The van der Waals surface area contributed by atoms with Gasteiger partial charge in [-0.1, -0.05) is 13.8 Å². The van der Waals surface area contributed by atoms with E-state index < -0.39 is 0 Å². The molecule has 0 aromatic carbocycles. The van der Waals surface area contributed by atoms with Crippen molar-refractivity contribution in [1.82, 2.24) is 0 Å². The predicted octanol–water partition coefficient (Wildman–Crippen LogP) is 1.85. The Morgan fingerprint density at radius 2 is 2.00 bits per heavy atom. The second-order valence-corrected chi connectivity index (χ2v) is 5.66. The third-order valence-corrected chi connectivity index (χ3v) is 3.77. The quantitative estimate of drug-likeness (QED) is 0.741. The van der Waals surface area contributed by atoms with Crippen molar-refractivity contribution in [3.05, 3.63) is 0 Å². The first-order valence-electron chi connectivity index (χ1n) is 5.85. The molecule has 0 aliphatic carbocycles. The molecule has 1 aliphatic heterocycles. The summed E-state index contributed by atoms with van der Waals surface area (Å²) in [5.74, 6) is 0.743. The summed E-state index contributed by atoms with van der Waals surface area (Å²) in [6.07, 6.45) is 3.65. The van der Waals surface area contributed by atoms with Gasteiger partial charge >= 0.3 is 0 Å². The highest BCUT2D eigenvalue weighted by molar-refractivity contribution is 4.91. The molecule has 1 fully saturated rings. The average molecular weight is 200 g/mol. The Hall–Kier alpha value is -0.0800. The summed E-state index contributed by atoms with van der Waals surface area (Å²) in [5.41, 5.74) is 4.56. The van der Waals surface area contributed by atoms with Crippen LogP contribution in [0.15, 0.2) is 0 Å². The zero-order valence-electron chi connectivity index (χ0n) is 10.2. The van der Waals surface area contributed by atoms with Crippen molar-refractivity contribution < 1.29 is 10.5 Å². The lowest BCUT2D eigenvalue weighted by Gasteiger charge is -2.47. The van der Waals surface area contributed by atoms with Crippen molar-refractivity contribution in [2.45, 2.75) is 52.6 Å². The average Bonchev–Trinajstić information content (AvgIpc) is 2.02. The summed E-state index contributed by atoms with van der Waals surface area (Å²) in [5, 5.41) is 0. The van der Waals surface area contributed by atoms with E-state index >= 15 is 0 Å². The van der Waals surface area contributed by atoms with Crippen molar-refractivity contribution in [3.8, 4) is 0 Å². The Kier molecular flexibility index (Phi) is 3.59. The molecule has 0 spiro atoms. The molecule has 1 saturated heterocycles. The SMILES string of the molecule is CC(C)[C@]1(CC[NH3+])CCOC(C)(C)C1. The first kappa shape index (κ1) is 12.0. The molecule has 0 bridgehead atoms. The van der Waals surface area contributed by atoms with Crippen LogP contribution in [0.25, 0.3) is 0 Å². The topological polar surface area (TPSA) is 36.9 Å². The Balaban J connectivity index is 2.76. The molecule has 0 aromatic heterocycles. The molecular formula is C12H26NO+. The van der Waals surface area contributed by atoms with E-state index in [9.17, 15) is 0 Å². The fourth-order valence-corrected chi connectivity index (χ4v) is 2.86. The Morgan fingerprint density at radius 3 is 2.43 bits per heavy atom. The third-order valence-electron chi connectivity index (χ3n) is 3.77. The lowest BCUT2D eigenvalue weighted by Crippen LogP contribution is -2.54. The lowest BCUT2D eigenvalue weighted by atomic mass is 9.65. The van der Waals surface area contributed by atoms with Crippen molar-refractivity contribution in [1.29, 1.82) is 0 Å². The van der Waals surface area contributed by atoms with E-state index in [1.54, 1.807) is 0 Å². The number of hydrogen-bond acceptors (Lipinski definition) is 1. The van der Waals surface area contributed by atoms with E-state index in [0.29, 0.717) is 5.41 Å². The molecule has 3 N–H and O–H groups in total. The van der Waals surface area contributed by atoms with Crippen LogP contribution in [0.3, 0.4) is 0 Å². The first-order chi connectivity index (χ1) is 6.42. The van der Waals surface area contributed by atoms with Crippen LogP contribution in [0.1, 0.15) is 47.0 Å². The fraction of sp³-hybridized carbons (Fsp3) is 1.00. The minimum Gasteiger partial charge on any atom is -0.376 e. The molecule has 0 radical (unpaired) electrons. The van der Waals surface area contributed by atoms with Crippen molar-refractivity contribution in [3.63, 3.8) is 0 Å². The Bertz CT molecular complexity index is 185. The molecule has 0 saturated carbocycles. The van der Waals surface area contributed by atoms with E-state index in [1.165, 1.54) is 19.3 Å². The van der Waals surface area contributed by atoms with Gasteiger partial charge in [-0.3, -0.25) is 0 Å². The molecule has 1 heterocycles. The van der Waals surface area contributed by atoms with E-state index in [0.717, 1.165) is 19.1 Å². The van der Waals surface area contributed by atoms with E-state index in [-0.39, 0.29) is 5.60 Å². The number of rotatable bonds is 3. The molecular weight excluding hydrogens is 174 g/mol. The highest BCUT2D eigenvalue weighted by Crippen LogP contribution is 2.46. The maximum atomic E-state index is 5.80. The maximum Gasteiger partial charge on any atom is 0.0745 e. The number of quaternary nitrogens is 1. The highest BCUT2D eigenvalue weighted by atomic mass is 16.5. The van der Waals surface area contributed by atoms with E-state index in [1.807, 2.05) is 0 Å². The molecule has 14 heavy (non-hydrogen) atoms. The van der Waals surface area contributed by atoms with Gasteiger partial charge in [-0.2, -0.15) is 0 Å². The summed E-state index contributed by atoms with van der Waals surface area (Å²) in [7, 11) is 0. The van der Waals surface area contributed by atoms with Crippen LogP contribution >= 0.6 is 0 Å². The molecule has 2 heteroatoms. The van der Waals surface area contributed by atoms with Gasteiger partial charge in [0.05, 0.1) is 12.1 Å². The summed E-state index contributed by atoms with van der Waals surface area (Å²) in [6.45, 7) is 11.1. The van der Waals surface area contributed by atoms with Crippen LogP contribution in [-0.2, 0) is 4.74 Å². The number of ether oxygens (including phenoxy) is 1. The van der Waals surface area contributed by atoms with Crippen LogP contribution in [0.4, 0.5) is 0 Å². The third kappa shape index (κ3) is 2.48. The molecule has 2 nitrogen and oxygen atoms in total. The molecule has 0 unspecified atom stereocenters. The van der Waals surface area contributed by atoms with Gasteiger partial charge in [0, 0.05) is 13.0 Å². The first-order valence-corrected chi connectivity index (χ1v) is 5.85. The summed E-state index contributed by atoms with van der Waals surface area (Å²) < 4.78 is 5.80. The number of hydrogen-bond donors (Lipinski definition) is 1. The Labute approximate surface area is 88.2 Å². The summed E-state index contributed by atoms with van der Waals surface area (Å²) in [4.78, 5) is 0. The van der Waals surface area contributed by atoms with Crippen LogP contribution in [0.2, 0.25) is 0 Å². The standard InChI is InChI=1S/C12H25NO/c1-10(2)12(5-7-13)6-8-14-11(3,4)9-12/h10H,5-9,13H2,1-4H3/p+1/t12-/m1/s1. The van der Waals surface area contributed by atoms with Crippen LogP contribution in [0.5, 0.6) is 0 Å². The minimum absolute atomic E-state index is 0.0672. The zero-order valence-corrected chi connectivity index (χ0v) is 10.2.